The summed E-state index contributed by atoms with van der Waals surface area (Å²) in [5.41, 5.74) is 2.11. The molecule has 11 heteroatoms. The number of furan rings is 1. The quantitative estimate of drug-likeness (QED) is 0.435. The first-order chi connectivity index (χ1) is 15.3. The Morgan fingerprint density at radius 1 is 1.16 bits per heavy atom. The summed E-state index contributed by atoms with van der Waals surface area (Å²) in [6.07, 6.45) is 1.48. The van der Waals surface area contributed by atoms with Crippen LogP contribution >= 0.6 is 0 Å². The van der Waals surface area contributed by atoms with Gasteiger partial charge in [-0.3, -0.25) is 0 Å². The lowest BCUT2D eigenvalue weighted by atomic mass is 9.77. The third-order valence-corrected chi connectivity index (χ3v) is 6.74. The molecule has 1 aliphatic rings. The first-order valence-corrected chi connectivity index (χ1v) is 11.9. The monoisotopic (exact) mass is 462 g/mol. The molecule has 2 heterocycles. The molecule has 1 saturated heterocycles. The lowest BCUT2D eigenvalue weighted by Gasteiger charge is -2.29. The van der Waals surface area contributed by atoms with E-state index < -0.39 is 34.7 Å². The molecule has 0 saturated carbocycles. The molecule has 0 amide bonds. The Bertz CT molecular complexity index is 1180. The van der Waals surface area contributed by atoms with Crippen molar-refractivity contribution >= 4 is 33.8 Å². The number of nitrogens with zero attached hydrogens (tertiary/aromatic N) is 1. The maximum atomic E-state index is 14.2. The van der Waals surface area contributed by atoms with Gasteiger partial charge in [0.15, 0.2) is 0 Å². The molecule has 1 fully saturated rings. The van der Waals surface area contributed by atoms with Crippen molar-refractivity contribution in [3.05, 3.63) is 65.7 Å². The van der Waals surface area contributed by atoms with Gasteiger partial charge in [0.1, 0.15) is 11.4 Å². The third-order valence-electron chi connectivity index (χ3n) is 5.37. The summed E-state index contributed by atoms with van der Waals surface area (Å²) >= 11 is 0. The fourth-order valence-corrected chi connectivity index (χ4v) is 5.20. The average Bonchev–Trinajstić information content (AvgIpc) is 3.16. The normalized spacial score (nSPS) is 15.8. The fourth-order valence-electron chi connectivity index (χ4n) is 3.85. The summed E-state index contributed by atoms with van der Waals surface area (Å²) in [6.45, 7) is 2.21. The minimum absolute atomic E-state index is 0.0100. The Labute approximate surface area is 185 Å². The number of rotatable bonds is 8. The van der Waals surface area contributed by atoms with Gasteiger partial charge in [-0.15, -0.1) is 0 Å². The van der Waals surface area contributed by atoms with Gasteiger partial charge in [0.2, 0.25) is 10.0 Å². The van der Waals surface area contributed by atoms with E-state index in [1.54, 1.807) is 18.2 Å². The molecule has 3 N–H and O–H groups in total. The van der Waals surface area contributed by atoms with E-state index in [0.717, 1.165) is 11.5 Å². The number of sulfonamides is 1. The molecular weight excluding hydrogens is 438 g/mol. The number of anilines is 1. The average molecular weight is 462 g/mol. The smallest absolute Gasteiger partial charge is 0.464 e. The molecule has 0 spiro atoms. The number of benzene rings is 2. The van der Waals surface area contributed by atoms with E-state index in [9.17, 15) is 22.9 Å². The maximum absolute atomic E-state index is 14.2. The molecule has 0 bridgehead atoms. The highest BCUT2D eigenvalue weighted by Gasteiger charge is 2.30. The van der Waals surface area contributed by atoms with Gasteiger partial charge in [-0.1, -0.05) is 18.2 Å². The van der Waals surface area contributed by atoms with Crippen LogP contribution in [0.15, 0.2) is 53.1 Å². The number of halogens is 1. The largest absolute Gasteiger partial charge is 0.471 e. The second-order valence-electron chi connectivity index (χ2n) is 7.78. The number of hydrogen-bond acceptors (Lipinski definition) is 7. The second kappa shape index (κ2) is 9.59. The zero-order valence-electron chi connectivity index (χ0n) is 17.3. The summed E-state index contributed by atoms with van der Waals surface area (Å²) in [7, 11) is -5.95. The summed E-state index contributed by atoms with van der Waals surface area (Å²) in [4.78, 5) is 1.93. The van der Waals surface area contributed by atoms with E-state index in [4.69, 9.17) is 9.15 Å². The Hall–Kier alpha value is -2.44. The molecule has 1 atom stereocenters. The molecular formula is C21H24BFN2O6S. The molecule has 8 nitrogen and oxygen atoms in total. The van der Waals surface area contributed by atoms with Crippen molar-refractivity contribution in [3.63, 3.8) is 0 Å². The van der Waals surface area contributed by atoms with Gasteiger partial charge in [0.05, 0.1) is 31.2 Å². The molecule has 0 radical (unpaired) electrons. The van der Waals surface area contributed by atoms with Gasteiger partial charge in [0, 0.05) is 24.2 Å². The van der Waals surface area contributed by atoms with Crippen molar-refractivity contribution in [1.29, 1.82) is 0 Å². The van der Waals surface area contributed by atoms with E-state index in [2.05, 4.69) is 4.72 Å². The van der Waals surface area contributed by atoms with Crippen LogP contribution in [0.4, 0.5) is 10.1 Å². The Balaban J connectivity index is 1.50. The fraction of sp³-hybridized carbons (Fsp3) is 0.333. The van der Waals surface area contributed by atoms with Gasteiger partial charge < -0.3 is 24.1 Å². The lowest BCUT2D eigenvalue weighted by Crippen LogP contribution is -2.48. The molecule has 1 aliphatic heterocycles. The van der Waals surface area contributed by atoms with Crippen molar-refractivity contribution < 1.29 is 32.0 Å². The number of hydrogen-bond donors (Lipinski definition) is 3. The highest BCUT2D eigenvalue weighted by molar-refractivity contribution is 7.88. The van der Waals surface area contributed by atoms with Crippen LogP contribution in [0, 0.1) is 5.82 Å². The van der Waals surface area contributed by atoms with E-state index in [1.807, 2.05) is 17.0 Å². The molecule has 2 aromatic carbocycles. The zero-order valence-corrected chi connectivity index (χ0v) is 18.1. The summed E-state index contributed by atoms with van der Waals surface area (Å²) in [5.74, 6) is -2.24. The van der Waals surface area contributed by atoms with Crippen LogP contribution < -0.4 is 9.62 Å². The van der Waals surface area contributed by atoms with E-state index in [1.165, 1.54) is 12.3 Å². The Kier molecular flexibility index (Phi) is 6.82. The number of morpholine rings is 1. The van der Waals surface area contributed by atoms with Crippen molar-refractivity contribution in [2.45, 2.75) is 18.1 Å². The summed E-state index contributed by atoms with van der Waals surface area (Å²) in [5, 5.41) is 20.3. The molecule has 32 heavy (non-hydrogen) atoms. The summed E-state index contributed by atoms with van der Waals surface area (Å²) < 4.78 is 52.9. The summed E-state index contributed by atoms with van der Waals surface area (Å²) in [6, 6.07) is 11.3. The maximum Gasteiger partial charge on any atom is 0.471 e. The van der Waals surface area contributed by atoms with Crippen LogP contribution in [0.25, 0.3) is 11.0 Å². The van der Waals surface area contributed by atoms with Crippen molar-refractivity contribution in [2.75, 3.05) is 31.2 Å². The van der Waals surface area contributed by atoms with Crippen LogP contribution in [0.1, 0.15) is 11.1 Å². The first-order valence-electron chi connectivity index (χ1n) is 10.2. The predicted octanol–water partition coefficient (Wildman–Crippen LogP) is 1.45. The van der Waals surface area contributed by atoms with Gasteiger partial charge in [-0.05, 0) is 41.8 Å². The van der Waals surface area contributed by atoms with Gasteiger partial charge >= 0.3 is 7.12 Å². The van der Waals surface area contributed by atoms with Crippen molar-refractivity contribution in [3.8, 4) is 0 Å². The lowest BCUT2D eigenvalue weighted by molar-refractivity contribution is 0.122. The number of para-hydroxylation sites is 1. The van der Waals surface area contributed by atoms with Crippen LogP contribution in [0.5, 0.6) is 0 Å². The van der Waals surface area contributed by atoms with E-state index >= 15 is 0 Å². The number of nitrogens with one attached hydrogen (secondary N) is 1. The van der Waals surface area contributed by atoms with E-state index in [0.29, 0.717) is 43.1 Å². The molecule has 0 aliphatic carbocycles. The van der Waals surface area contributed by atoms with Crippen LogP contribution in [0.3, 0.4) is 0 Å². The second-order valence-corrected chi connectivity index (χ2v) is 9.53. The molecule has 4 rings (SSSR count). The standard InChI is InChI=1S/C21H24BFN2O6S/c23-17-9-15(10-18(12-17)25-5-7-30-8-6-25)14-32(28,29)24-21(22(26)27)11-16-13-31-20-4-2-1-3-19(16)20/h1-4,9-10,12-13,21,24,26-27H,5-8,11,14H2. The molecule has 1 aromatic heterocycles. The topological polar surface area (TPSA) is 112 Å². The minimum atomic E-state index is -4.01. The van der Waals surface area contributed by atoms with Crippen molar-refractivity contribution in [1.82, 2.24) is 4.72 Å². The van der Waals surface area contributed by atoms with Gasteiger partial charge in [0.25, 0.3) is 0 Å². The highest BCUT2D eigenvalue weighted by atomic mass is 32.2. The zero-order chi connectivity index (χ0) is 22.7. The van der Waals surface area contributed by atoms with Crippen LogP contribution in [-0.4, -0.2) is 57.8 Å². The molecule has 170 valence electrons. The Morgan fingerprint density at radius 3 is 2.66 bits per heavy atom. The van der Waals surface area contributed by atoms with E-state index in [-0.39, 0.29) is 12.0 Å². The Morgan fingerprint density at radius 2 is 1.91 bits per heavy atom. The van der Waals surface area contributed by atoms with Gasteiger partial charge in [-0.25, -0.2) is 17.5 Å². The minimum Gasteiger partial charge on any atom is -0.464 e. The number of ether oxygens (including phenoxy) is 1. The predicted molar refractivity (Wildman–Crippen MR) is 119 cm³/mol. The molecule has 1 unspecified atom stereocenters. The number of fused-ring (bicyclic) bond motifs is 1. The van der Waals surface area contributed by atoms with Crippen LogP contribution in [-0.2, 0) is 26.9 Å². The highest BCUT2D eigenvalue weighted by Crippen LogP contribution is 2.23. The molecule has 3 aromatic rings. The SMILES string of the molecule is O=S(=O)(Cc1cc(F)cc(N2CCOCC2)c1)NC(Cc1coc2ccccc12)B(O)O. The van der Waals surface area contributed by atoms with Gasteiger partial charge in [-0.2, -0.15) is 0 Å². The van der Waals surface area contributed by atoms with Crippen molar-refractivity contribution in [2.24, 2.45) is 0 Å². The first kappa shape index (κ1) is 22.7. The third kappa shape index (κ3) is 5.48. The van der Waals surface area contributed by atoms with Crippen LogP contribution in [0.2, 0.25) is 0 Å².